The van der Waals surface area contributed by atoms with Gasteiger partial charge in [0, 0.05) is 19.4 Å². The van der Waals surface area contributed by atoms with Crippen molar-refractivity contribution in [3.8, 4) is 0 Å². The molecule has 0 rings (SSSR count). The predicted molar refractivity (Wildman–Crippen MR) is 89.6 cm³/mol. The van der Waals surface area contributed by atoms with E-state index in [0.717, 1.165) is 45.1 Å². The Kier molecular flexibility index (Phi) is 14.3. The van der Waals surface area contributed by atoms with Crippen molar-refractivity contribution < 1.29 is 18.6 Å². The maximum Gasteiger partial charge on any atom is 0.290 e. The van der Waals surface area contributed by atoms with Crippen molar-refractivity contribution in [3.05, 3.63) is 0 Å². The summed E-state index contributed by atoms with van der Waals surface area (Å²) in [6.45, 7) is 5.36. The van der Waals surface area contributed by atoms with E-state index in [1.54, 1.807) is 0 Å². The Hall–Kier alpha value is 0.400. The second-order valence-electron chi connectivity index (χ2n) is 5.24. The number of hydrogen-bond acceptors (Lipinski definition) is 4. The molecule has 0 spiro atoms. The normalized spacial score (nSPS) is 15.8. The first kappa shape index (κ1) is 21.4. The van der Waals surface area contributed by atoms with Crippen LogP contribution in [0.3, 0.4) is 0 Å². The summed E-state index contributed by atoms with van der Waals surface area (Å²) in [6, 6.07) is 0. The number of ether oxygens (including phenoxy) is 2. The van der Waals surface area contributed by atoms with Gasteiger partial charge in [-0.25, -0.2) is 0 Å². The molecule has 0 N–H and O–H groups in total. The van der Waals surface area contributed by atoms with Gasteiger partial charge >= 0.3 is 0 Å². The van der Waals surface area contributed by atoms with Crippen LogP contribution in [0.15, 0.2) is 0 Å². The lowest BCUT2D eigenvalue weighted by atomic mass is 10.3. The Balaban J connectivity index is 4.08. The zero-order valence-corrected chi connectivity index (χ0v) is 15.5. The quantitative estimate of drug-likeness (QED) is 0.301. The van der Waals surface area contributed by atoms with Crippen LogP contribution in [0.4, 0.5) is 0 Å². The molecule has 0 aromatic heterocycles. The van der Waals surface area contributed by atoms with Gasteiger partial charge in [-0.05, 0) is 30.5 Å². The molecule has 0 bridgehead atoms. The Morgan fingerprint density at radius 1 is 0.952 bits per heavy atom. The fraction of sp³-hybridized carbons (Fsp3) is 1.00. The van der Waals surface area contributed by atoms with E-state index in [2.05, 4.69) is 13.8 Å². The Morgan fingerprint density at radius 2 is 1.57 bits per heavy atom. The van der Waals surface area contributed by atoms with Crippen molar-refractivity contribution in [2.24, 2.45) is 0 Å². The summed E-state index contributed by atoms with van der Waals surface area (Å²) in [4.78, 5) is 0. The molecule has 4 nitrogen and oxygen atoms in total. The fourth-order valence-corrected chi connectivity index (χ4v) is 3.35. The van der Waals surface area contributed by atoms with Crippen LogP contribution in [-0.2, 0) is 18.6 Å². The highest BCUT2D eigenvalue weighted by Crippen LogP contribution is 2.53. The highest BCUT2D eigenvalue weighted by Gasteiger charge is 2.21. The third-order valence-corrected chi connectivity index (χ3v) is 5.21. The van der Waals surface area contributed by atoms with E-state index in [-0.39, 0.29) is 12.7 Å². The molecule has 0 amide bonds. The largest absolute Gasteiger partial charge is 0.379 e. The zero-order valence-electron chi connectivity index (χ0n) is 13.8. The molecule has 21 heavy (non-hydrogen) atoms. The van der Waals surface area contributed by atoms with Gasteiger partial charge in [-0.2, -0.15) is 0 Å². The average Bonchev–Trinajstić information content (AvgIpc) is 2.46. The molecule has 6 heteroatoms. The molecule has 0 aliphatic carbocycles. The summed E-state index contributed by atoms with van der Waals surface area (Å²) in [5.41, 5.74) is 0. The summed E-state index contributed by atoms with van der Waals surface area (Å²) in [6.07, 6.45) is 6.21. The first-order valence-corrected chi connectivity index (χ1v) is 10.9. The standard InChI is InChI=1S/C15H32ClO4P/c1-4-7-10-18-13-15(19-11-8-5-2)14-20-21(16,17)12-9-6-3/h15H,4-14H2,1-3H3. The summed E-state index contributed by atoms with van der Waals surface area (Å²) in [5.74, 6) is 0. The topological polar surface area (TPSA) is 44.8 Å². The summed E-state index contributed by atoms with van der Waals surface area (Å²) in [7, 11) is 0. The molecule has 0 saturated carbocycles. The third kappa shape index (κ3) is 13.8. The van der Waals surface area contributed by atoms with Crippen LogP contribution in [0.5, 0.6) is 0 Å². The first-order chi connectivity index (χ1) is 10.1. The Morgan fingerprint density at radius 3 is 2.19 bits per heavy atom. The van der Waals surface area contributed by atoms with Crippen molar-refractivity contribution in [3.63, 3.8) is 0 Å². The molecule has 2 unspecified atom stereocenters. The molecule has 0 aromatic rings. The fourth-order valence-electron chi connectivity index (χ4n) is 1.61. The predicted octanol–water partition coefficient (Wildman–Crippen LogP) is 5.24. The maximum atomic E-state index is 12.0. The third-order valence-electron chi connectivity index (χ3n) is 3.03. The second kappa shape index (κ2) is 14.0. The smallest absolute Gasteiger partial charge is 0.290 e. The molecule has 128 valence electrons. The van der Waals surface area contributed by atoms with Gasteiger partial charge in [0.1, 0.15) is 6.10 Å². The highest BCUT2D eigenvalue weighted by atomic mass is 35.7. The molecule has 0 aliphatic heterocycles. The van der Waals surface area contributed by atoms with E-state index >= 15 is 0 Å². The summed E-state index contributed by atoms with van der Waals surface area (Å²) >= 11 is 5.94. The molecule has 0 radical (unpaired) electrons. The molecular formula is C15H32ClO4P. The monoisotopic (exact) mass is 342 g/mol. The average molecular weight is 343 g/mol. The SMILES string of the molecule is CCCCOCC(COP(=O)(Cl)CCCC)OCCCC. The van der Waals surface area contributed by atoms with Crippen LogP contribution < -0.4 is 0 Å². The molecular weight excluding hydrogens is 311 g/mol. The van der Waals surface area contributed by atoms with Gasteiger partial charge in [0.2, 0.25) is 0 Å². The van der Waals surface area contributed by atoms with Gasteiger partial charge in [-0.15, -0.1) is 0 Å². The highest BCUT2D eigenvalue weighted by molar-refractivity contribution is 7.85. The lowest BCUT2D eigenvalue weighted by Gasteiger charge is -2.20. The van der Waals surface area contributed by atoms with Gasteiger partial charge in [0.25, 0.3) is 6.72 Å². The van der Waals surface area contributed by atoms with Crippen molar-refractivity contribution >= 4 is 18.0 Å². The minimum Gasteiger partial charge on any atom is -0.379 e. The Labute approximate surface area is 135 Å². The van der Waals surface area contributed by atoms with Crippen LogP contribution in [0.25, 0.3) is 0 Å². The molecule has 0 saturated heterocycles. The lowest BCUT2D eigenvalue weighted by Crippen LogP contribution is -2.26. The molecule has 0 aromatic carbocycles. The minimum atomic E-state index is -3.01. The van der Waals surface area contributed by atoms with Gasteiger partial charge in [-0.3, -0.25) is 4.57 Å². The summed E-state index contributed by atoms with van der Waals surface area (Å²) in [5, 5.41) is 0. The molecule has 0 heterocycles. The first-order valence-electron chi connectivity index (χ1n) is 8.18. The number of rotatable bonds is 15. The van der Waals surface area contributed by atoms with E-state index in [0.29, 0.717) is 19.4 Å². The van der Waals surface area contributed by atoms with E-state index in [1.807, 2.05) is 6.92 Å². The maximum absolute atomic E-state index is 12.0. The van der Waals surface area contributed by atoms with Crippen LogP contribution in [-0.4, -0.2) is 38.7 Å². The summed E-state index contributed by atoms with van der Waals surface area (Å²) < 4.78 is 28.7. The molecule has 2 atom stereocenters. The lowest BCUT2D eigenvalue weighted by molar-refractivity contribution is -0.0375. The van der Waals surface area contributed by atoms with Gasteiger partial charge in [0.15, 0.2) is 0 Å². The van der Waals surface area contributed by atoms with Crippen LogP contribution in [0.1, 0.15) is 59.3 Å². The van der Waals surface area contributed by atoms with Gasteiger partial charge in [0.05, 0.1) is 13.2 Å². The minimum absolute atomic E-state index is 0.192. The van der Waals surface area contributed by atoms with E-state index in [9.17, 15) is 4.57 Å². The van der Waals surface area contributed by atoms with Gasteiger partial charge in [-0.1, -0.05) is 40.0 Å². The van der Waals surface area contributed by atoms with Crippen molar-refractivity contribution in [1.29, 1.82) is 0 Å². The molecule has 0 aliphatic rings. The van der Waals surface area contributed by atoms with Crippen molar-refractivity contribution in [2.75, 3.05) is 32.6 Å². The van der Waals surface area contributed by atoms with Crippen LogP contribution in [0.2, 0.25) is 0 Å². The van der Waals surface area contributed by atoms with E-state index in [1.165, 1.54) is 0 Å². The second-order valence-corrected chi connectivity index (χ2v) is 8.67. The number of halogens is 1. The zero-order chi connectivity index (χ0) is 16.0. The van der Waals surface area contributed by atoms with E-state index < -0.39 is 6.72 Å². The van der Waals surface area contributed by atoms with E-state index in [4.69, 9.17) is 25.2 Å². The number of hydrogen-bond donors (Lipinski definition) is 0. The van der Waals surface area contributed by atoms with Crippen molar-refractivity contribution in [2.45, 2.75) is 65.4 Å². The van der Waals surface area contributed by atoms with Crippen LogP contribution >= 0.6 is 18.0 Å². The van der Waals surface area contributed by atoms with Gasteiger partial charge < -0.3 is 14.0 Å². The molecule has 0 fully saturated rings. The van der Waals surface area contributed by atoms with Crippen molar-refractivity contribution in [1.82, 2.24) is 0 Å². The number of unbranched alkanes of at least 4 members (excludes halogenated alkanes) is 3. The van der Waals surface area contributed by atoms with Crippen LogP contribution in [0, 0.1) is 0 Å². The Bertz CT molecular complexity index is 276.